The van der Waals surface area contributed by atoms with Gasteiger partial charge in [0.05, 0.1) is 30.0 Å². The van der Waals surface area contributed by atoms with Gasteiger partial charge in [0.2, 0.25) is 5.91 Å². The van der Waals surface area contributed by atoms with Gasteiger partial charge in [-0.15, -0.1) is 0 Å². The van der Waals surface area contributed by atoms with Crippen molar-refractivity contribution >= 4 is 23.2 Å². The van der Waals surface area contributed by atoms with Gasteiger partial charge in [0, 0.05) is 7.05 Å². The molecule has 0 radical (unpaired) electrons. The Morgan fingerprint density at radius 3 is 2.73 bits per heavy atom. The van der Waals surface area contributed by atoms with E-state index in [0.717, 1.165) is 5.69 Å². The largest absolute Gasteiger partial charge is 0.477 e. The summed E-state index contributed by atoms with van der Waals surface area (Å²) in [4.78, 5) is 26.3. The minimum atomic E-state index is -0.700. The lowest BCUT2D eigenvalue weighted by molar-refractivity contribution is -0.127. The van der Waals surface area contributed by atoms with Gasteiger partial charge in [0.25, 0.3) is 5.91 Å². The van der Waals surface area contributed by atoms with E-state index in [1.165, 1.54) is 0 Å². The van der Waals surface area contributed by atoms with Crippen molar-refractivity contribution in [2.45, 2.75) is 6.10 Å². The molecule has 0 spiro atoms. The SMILES string of the molecule is CNC(=O)[C@@H]1CN(CC(=O)Nc2ccccc2C#N)c2ccccc2O1. The Balaban J connectivity index is 1.78. The Bertz CT molecular complexity index is 875. The number of nitrogens with one attached hydrogen (secondary N) is 2. The molecule has 7 heteroatoms. The number of likely N-dealkylation sites (N-methyl/N-ethyl adjacent to an activating group) is 1. The number of amides is 2. The molecule has 0 bridgehead atoms. The van der Waals surface area contributed by atoms with E-state index in [1.54, 1.807) is 42.3 Å². The second-order valence-corrected chi connectivity index (χ2v) is 5.77. The molecule has 2 aromatic rings. The van der Waals surface area contributed by atoms with E-state index in [4.69, 9.17) is 10.00 Å². The molecular formula is C19H18N4O3. The number of nitrogens with zero attached hydrogens (tertiary/aromatic N) is 2. The predicted octanol–water partition coefficient (Wildman–Crippen LogP) is 1.51. The maximum Gasteiger partial charge on any atom is 0.262 e. The number of benzene rings is 2. The molecule has 2 amide bonds. The van der Waals surface area contributed by atoms with E-state index in [2.05, 4.69) is 10.6 Å². The van der Waals surface area contributed by atoms with E-state index >= 15 is 0 Å². The highest BCUT2D eigenvalue weighted by Gasteiger charge is 2.31. The van der Waals surface area contributed by atoms with Crippen LogP contribution in [-0.4, -0.2) is 38.1 Å². The van der Waals surface area contributed by atoms with Gasteiger partial charge in [-0.25, -0.2) is 0 Å². The average molecular weight is 350 g/mol. The number of carbonyl (C=O) groups excluding carboxylic acids is 2. The molecule has 1 aliphatic heterocycles. The molecule has 1 heterocycles. The Kier molecular flexibility index (Phi) is 5.04. The molecule has 0 saturated heterocycles. The van der Waals surface area contributed by atoms with E-state index in [9.17, 15) is 9.59 Å². The Morgan fingerprint density at radius 1 is 1.23 bits per heavy atom. The van der Waals surface area contributed by atoms with Crippen LogP contribution in [0.25, 0.3) is 0 Å². The number of hydrogen-bond acceptors (Lipinski definition) is 5. The summed E-state index contributed by atoms with van der Waals surface area (Å²) in [5.41, 5.74) is 1.60. The minimum Gasteiger partial charge on any atom is -0.477 e. The van der Waals surface area contributed by atoms with Crippen LogP contribution in [0.2, 0.25) is 0 Å². The molecular weight excluding hydrogens is 332 g/mol. The van der Waals surface area contributed by atoms with Crippen molar-refractivity contribution in [1.29, 1.82) is 5.26 Å². The zero-order chi connectivity index (χ0) is 18.5. The number of ether oxygens (including phenoxy) is 1. The fourth-order valence-electron chi connectivity index (χ4n) is 2.81. The van der Waals surface area contributed by atoms with Gasteiger partial charge >= 0.3 is 0 Å². The van der Waals surface area contributed by atoms with E-state index in [-0.39, 0.29) is 24.9 Å². The third-order valence-corrected chi connectivity index (χ3v) is 4.06. The fourth-order valence-corrected chi connectivity index (χ4v) is 2.81. The first-order chi connectivity index (χ1) is 12.6. The molecule has 3 rings (SSSR count). The van der Waals surface area contributed by atoms with Gasteiger partial charge in [0.1, 0.15) is 11.8 Å². The number of nitriles is 1. The molecule has 2 aromatic carbocycles. The summed E-state index contributed by atoms with van der Waals surface area (Å²) in [5, 5.41) is 14.5. The molecule has 0 fully saturated rings. The van der Waals surface area contributed by atoms with Gasteiger partial charge in [-0.1, -0.05) is 24.3 Å². The molecule has 1 aliphatic rings. The number of anilines is 2. The number of rotatable bonds is 4. The zero-order valence-corrected chi connectivity index (χ0v) is 14.2. The molecule has 0 saturated carbocycles. The fraction of sp³-hybridized carbons (Fsp3) is 0.211. The lowest BCUT2D eigenvalue weighted by Crippen LogP contribution is -2.50. The van der Waals surface area contributed by atoms with Gasteiger partial charge in [-0.05, 0) is 24.3 Å². The molecule has 132 valence electrons. The number of hydrogen-bond donors (Lipinski definition) is 2. The zero-order valence-electron chi connectivity index (χ0n) is 14.2. The van der Waals surface area contributed by atoms with Gasteiger partial charge in [0.15, 0.2) is 6.10 Å². The third kappa shape index (κ3) is 3.59. The number of para-hydroxylation sites is 3. The first-order valence-electron chi connectivity index (χ1n) is 8.13. The van der Waals surface area contributed by atoms with Gasteiger partial charge in [-0.3, -0.25) is 9.59 Å². The highest BCUT2D eigenvalue weighted by molar-refractivity contribution is 5.96. The Morgan fingerprint density at radius 2 is 1.96 bits per heavy atom. The summed E-state index contributed by atoms with van der Waals surface area (Å²) in [6, 6.07) is 16.1. The summed E-state index contributed by atoms with van der Waals surface area (Å²) in [6.07, 6.45) is -0.700. The van der Waals surface area contributed by atoms with Crippen LogP contribution >= 0.6 is 0 Å². The maximum atomic E-state index is 12.5. The molecule has 26 heavy (non-hydrogen) atoms. The van der Waals surface area contributed by atoms with Crippen molar-refractivity contribution in [3.8, 4) is 11.8 Å². The van der Waals surface area contributed by atoms with Crippen LogP contribution in [0.3, 0.4) is 0 Å². The van der Waals surface area contributed by atoms with E-state index in [1.807, 2.05) is 24.3 Å². The monoisotopic (exact) mass is 350 g/mol. The summed E-state index contributed by atoms with van der Waals surface area (Å²) in [7, 11) is 1.54. The average Bonchev–Trinajstić information content (AvgIpc) is 2.67. The highest BCUT2D eigenvalue weighted by atomic mass is 16.5. The molecule has 1 atom stereocenters. The van der Waals surface area contributed by atoms with Crippen LogP contribution in [-0.2, 0) is 9.59 Å². The maximum absolute atomic E-state index is 12.5. The van der Waals surface area contributed by atoms with Crippen LogP contribution < -0.4 is 20.3 Å². The Hall–Kier alpha value is -3.53. The van der Waals surface area contributed by atoms with E-state index < -0.39 is 6.10 Å². The topological polar surface area (TPSA) is 94.5 Å². The van der Waals surface area contributed by atoms with Crippen molar-refractivity contribution in [2.24, 2.45) is 0 Å². The second-order valence-electron chi connectivity index (χ2n) is 5.77. The highest BCUT2D eigenvalue weighted by Crippen LogP contribution is 2.33. The third-order valence-electron chi connectivity index (χ3n) is 4.06. The first-order valence-corrected chi connectivity index (χ1v) is 8.13. The van der Waals surface area contributed by atoms with Crippen LogP contribution in [0.5, 0.6) is 5.75 Å². The lowest BCUT2D eigenvalue weighted by atomic mass is 10.1. The van der Waals surface area contributed by atoms with Crippen molar-refractivity contribution in [3.63, 3.8) is 0 Å². The standard InChI is InChI=1S/C19H18N4O3/c1-21-19(25)17-11-23(15-8-4-5-9-16(15)26-17)12-18(24)22-14-7-3-2-6-13(14)10-20/h2-9,17H,11-12H2,1H3,(H,21,25)(H,22,24)/t17-/m0/s1. The normalized spacial score (nSPS) is 15.2. The first kappa shape index (κ1) is 17.3. The summed E-state index contributed by atoms with van der Waals surface area (Å²) in [5.74, 6) is 0.0253. The quantitative estimate of drug-likeness (QED) is 0.872. The molecule has 0 aromatic heterocycles. The molecule has 0 aliphatic carbocycles. The number of fused-ring (bicyclic) bond motifs is 1. The van der Waals surface area contributed by atoms with Gasteiger partial charge < -0.3 is 20.3 Å². The van der Waals surface area contributed by atoms with Crippen LogP contribution in [0, 0.1) is 11.3 Å². The second kappa shape index (κ2) is 7.57. The van der Waals surface area contributed by atoms with E-state index in [0.29, 0.717) is 17.0 Å². The molecule has 7 nitrogen and oxygen atoms in total. The summed E-state index contributed by atoms with van der Waals surface area (Å²) in [6.45, 7) is 0.289. The lowest BCUT2D eigenvalue weighted by Gasteiger charge is -2.35. The van der Waals surface area contributed by atoms with Crippen molar-refractivity contribution < 1.29 is 14.3 Å². The summed E-state index contributed by atoms with van der Waals surface area (Å²) >= 11 is 0. The predicted molar refractivity (Wildman–Crippen MR) is 96.9 cm³/mol. The number of carbonyl (C=O) groups is 2. The van der Waals surface area contributed by atoms with Crippen LogP contribution in [0.15, 0.2) is 48.5 Å². The molecule has 0 unspecified atom stereocenters. The van der Waals surface area contributed by atoms with Crippen molar-refractivity contribution in [3.05, 3.63) is 54.1 Å². The Labute approximate surface area is 151 Å². The van der Waals surface area contributed by atoms with Gasteiger partial charge in [-0.2, -0.15) is 5.26 Å². The minimum absolute atomic E-state index is 0.0353. The van der Waals surface area contributed by atoms with Crippen LogP contribution in [0.1, 0.15) is 5.56 Å². The summed E-state index contributed by atoms with van der Waals surface area (Å²) < 4.78 is 5.72. The molecule has 2 N–H and O–H groups in total. The smallest absolute Gasteiger partial charge is 0.262 e. The van der Waals surface area contributed by atoms with Crippen molar-refractivity contribution in [1.82, 2.24) is 5.32 Å². The van der Waals surface area contributed by atoms with Crippen molar-refractivity contribution in [2.75, 3.05) is 30.4 Å². The van der Waals surface area contributed by atoms with Crippen LogP contribution in [0.4, 0.5) is 11.4 Å².